The van der Waals surface area contributed by atoms with Gasteiger partial charge in [0, 0.05) is 5.69 Å². The number of hydrogen-bond donors (Lipinski definition) is 2. The molecule has 0 radical (unpaired) electrons. The monoisotopic (exact) mass is 241 g/mol. The average Bonchev–Trinajstić information content (AvgIpc) is 2.32. The maximum absolute atomic E-state index is 10.4. The molecule has 0 saturated heterocycles. The lowest BCUT2D eigenvalue weighted by molar-refractivity contribution is 0.219. The van der Waals surface area contributed by atoms with Crippen LogP contribution >= 0.6 is 0 Å². The molecule has 2 rings (SSSR count). The minimum atomic E-state index is -0.617. The largest absolute Gasteiger partial charge is 0.399 e. The van der Waals surface area contributed by atoms with Gasteiger partial charge < -0.3 is 10.8 Å². The Morgan fingerprint density at radius 1 is 0.944 bits per heavy atom. The molecule has 3 N–H and O–H groups in total. The van der Waals surface area contributed by atoms with Gasteiger partial charge in [0.1, 0.15) is 6.10 Å². The van der Waals surface area contributed by atoms with Crippen molar-refractivity contribution in [1.29, 1.82) is 0 Å². The number of hydrogen-bond acceptors (Lipinski definition) is 2. The van der Waals surface area contributed by atoms with Gasteiger partial charge in [-0.05, 0) is 49.1 Å². The van der Waals surface area contributed by atoms with Gasteiger partial charge >= 0.3 is 0 Å². The number of aryl methyl sites for hydroxylation is 3. The molecule has 94 valence electrons. The van der Waals surface area contributed by atoms with Crippen LogP contribution in [0.15, 0.2) is 36.4 Å². The van der Waals surface area contributed by atoms with Gasteiger partial charge in [-0.1, -0.05) is 35.9 Å². The van der Waals surface area contributed by atoms with Gasteiger partial charge in [-0.15, -0.1) is 0 Å². The minimum Gasteiger partial charge on any atom is -0.399 e. The Morgan fingerprint density at radius 2 is 1.67 bits per heavy atom. The molecule has 0 unspecified atom stereocenters. The van der Waals surface area contributed by atoms with Crippen LogP contribution in [0.3, 0.4) is 0 Å². The van der Waals surface area contributed by atoms with Crippen molar-refractivity contribution in [3.05, 3.63) is 64.2 Å². The molecule has 0 aromatic heterocycles. The van der Waals surface area contributed by atoms with Crippen molar-refractivity contribution < 1.29 is 5.11 Å². The average molecular weight is 241 g/mol. The first-order chi connectivity index (χ1) is 8.49. The topological polar surface area (TPSA) is 46.2 Å². The molecule has 0 aliphatic heterocycles. The maximum atomic E-state index is 10.4. The number of nitrogen functional groups attached to an aromatic ring is 1. The van der Waals surface area contributed by atoms with E-state index in [0.29, 0.717) is 0 Å². The fraction of sp³-hybridized carbons (Fsp3) is 0.250. The molecule has 0 saturated carbocycles. The Labute approximate surface area is 108 Å². The van der Waals surface area contributed by atoms with E-state index in [1.165, 1.54) is 5.56 Å². The fourth-order valence-electron chi connectivity index (χ4n) is 2.14. The minimum absolute atomic E-state index is 0.617. The van der Waals surface area contributed by atoms with E-state index in [-0.39, 0.29) is 0 Å². The zero-order valence-corrected chi connectivity index (χ0v) is 11.1. The second-order valence-corrected chi connectivity index (χ2v) is 4.88. The third kappa shape index (κ3) is 2.39. The standard InChI is InChI=1S/C16H19NO/c1-10-4-7-14(12(3)8-10)16(18)13-6-5-11(2)15(17)9-13/h4-9,16,18H,17H2,1-3H3/t16-/m1/s1. The summed E-state index contributed by atoms with van der Waals surface area (Å²) in [5, 5.41) is 10.4. The van der Waals surface area contributed by atoms with Gasteiger partial charge in [0.05, 0.1) is 0 Å². The predicted molar refractivity (Wildman–Crippen MR) is 75.6 cm³/mol. The number of aliphatic hydroxyl groups excluding tert-OH is 1. The van der Waals surface area contributed by atoms with Crippen molar-refractivity contribution in [3.63, 3.8) is 0 Å². The van der Waals surface area contributed by atoms with Gasteiger partial charge in [0.2, 0.25) is 0 Å². The number of benzene rings is 2. The van der Waals surface area contributed by atoms with Crippen LogP contribution in [-0.4, -0.2) is 5.11 Å². The number of aliphatic hydroxyl groups is 1. The summed E-state index contributed by atoms with van der Waals surface area (Å²) in [5.74, 6) is 0. The summed E-state index contributed by atoms with van der Waals surface area (Å²) in [6.07, 6.45) is -0.617. The second kappa shape index (κ2) is 4.83. The summed E-state index contributed by atoms with van der Waals surface area (Å²) < 4.78 is 0. The van der Waals surface area contributed by atoms with Crippen LogP contribution in [0.5, 0.6) is 0 Å². The molecule has 0 fully saturated rings. The van der Waals surface area contributed by atoms with Crippen LogP contribution in [0, 0.1) is 20.8 Å². The van der Waals surface area contributed by atoms with Crippen LogP contribution in [0.25, 0.3) is 0 Å². The maximum Gasteiger partial charge on any atom is 0.104 e. The van der Waals surface area contributed by atoms with Crippen LogP contribution in [0.4, 0.5) is 5.69 Å². The second-order valence-electron chi connectivity index (χ2n) is 4.88. The molecule has 0 spiro atoms. The van der Waals surface area contributed by atoms with Crippen molar-refractivity contribution >= 4 is 5.69 Å². The Kier molecular flexibility index (Phi) is 3.39. The van der Waals surface area contributed by atoms with Crippen LogP contribution in [-0.2, 0) is 0 Å². The normalized spacial score (nSPS) is 12.4. The van der Waals surface area contributed by atoms with Gasteiger partial charge in [-0.3, -0.25) is 0 Å². The van der Waals surface area contributed by atoms with Gasteiger partial charge in [-0.2, -0.15) is 0 Å². The van der Waals surface area contributed by atoms with E-state index in [4.69, 9.17) is 5.73 Å². The summed E-state index contributed by atoms with van der Waals surface area (Å²) >= 11 is 0. The molecule has 0 bridgehead atoms. The Balaban J connectivity index is 2.41. The molecule has 0 aliphatic carbocycles. The number of rotatable bonds is 2. The van der Waals surface area contributed by atoms with E-state index in [9.17, 15) is 5.11 Å². The molecule has 2 heteroatoms. The lowest BCUT2D eigenvalue weighted by atomic mass is 9.95. The van der Waals surface area contributed by atoms with Crippen molar-refractivity contribution in [2.24, 2.45) is 0 Å². The summed E-state index contributed by atoms with van der Waals surface area (Å²) in [4.78, 5) is 0. The Bertz CT molecular complexity index is 575. The van der Waals surface area contributed by atoms with E-state index >= 15 is 0 Å². The van der Waals surface area contributed by atoms with E-state index in [1.807, 2.05) is 51.1 Å². The van der Waals surface area contributed by atoms with Crippen LogP contribution in [0.2, 0.25) is 0 Å². The smallest absolute Gasteiger partial charge is 0.104 e. The van der Waals surface area contributed by atoms with Gasteiger partial charge in [-0.25, -0.2) is 0 Å². The zero-order valence-electron chi connectivity index (χ0n) is 11.1. The molecule has 0 heterocycles. The van der Waals surface area contributed by atoms with E-state index in [2.05, 4.69) is 6.07 Å². The molecule has 2 nitrogen and oxygen atoms in total. The highest BCUT2D eigenvalue weighted by molar-refractivity contribution is 5.50. The lowest BCUT2D eigenvalue weighted by Crippen LogP contribution is -2.03. The summed E-state index contributed by atoms with van der Waals surface area (Å²) in [6.45, 7) is 6.03. The molecule has 0 aliphatic rings. The van der Waals surface area contributed by atoms with Crippen LogP contribution < -0.4 is 5.73 Å². The predicted octanol–water partition coefficient (Wildman–Crippen LogP) is 3.28. The Hall–Kier alpha value is -1.80. The molecular formula is C16H19NO. The van der Waals surface area contributed by atoms with Gasteiger partial charge in [0.25, 0.3) is 0 Å². The zero-order chi connectivity index (χ0) is 13.3. The summed E-state index contributed by atoms with van der Waals surface area (Å²) in [5.41, 5.74) is 11.7. The van der Waals surface area contributed by atoms with E-state index in [0.717, 1.165) is 27.9 Å². The summed E-state index contributed by atoms with van der Waals surface area (Å²) in [6, 6.07) is 11.8. The number of anilines is 1. The first kappa shape index (κ1) is 12.7. The fourth-order valence-corrected chi connectivity index (χ4v) is 2.14. The molecule has 1 atom stereocenters. The third-order valence-electron chi connectivity index (χ3n) is 3.34. The summed E-state index contributed by atoms with van der Waals surface area (Å²) in [7, 11) is 0. The van der Waals surface area contributed by atoms with E-state index < -0.39 is 6.10 Å². The van der Waals surface area contributed by atoms with Crippen molar-refractivity contribution in [2.45, 2.75) is 26.9 Å². The van der Waals surface area contributed by atoms with E-state index in [1.54, 1.807) is 0 Å². The lowest BCUT2D eigenvalue weighted by Gasteiger charge is -2.16. The SMILES string of the molecule is Cc1ccc([C@H](O)c2ccc(C)c(N)c2)c(C)c1. The van der Waals surface area contributed by atoms with Crippen molar-refractivity contribution in [1.82, 2.24) is 0 Å². The first-order valence-corrected chi connectivity index (χ1v) is 6.10. The molecule has 18 heavy (non-hydrogen) atoms. The van der Waals surface area contributed by atoms with Crippen molar-refractivity contribution in [2.75, 3.05) is 5.73 Å². The van der Waals surface area contributed by atoms with Crippen molar-refractivity contribution in [3.8, 4) is 0 Å². The van der Waals surface area contributed by atoms with Crippen LogP contribution in [0.1, 0.15) is 33.9 Å². The highest BCUT2D eigenvalue weighted by Gasteiger charge is 2.13. The highest BCUT2D eigenvalue weighted by atomic mass is 16.3. The number of nitrogens with two attached hydrogens (primary N) is 1. The Morgan fingerprint density at radius 3 is 2.28 bits per heavy atom. The highest BCUT2D eigenvalue weighted by Crippen LogP contribution is 2.27. The third-order valence-corrected chi connectivity index (χ3v) is 3.34. The van der Waals surface area contributed by atoms with Gasteiger partial charge in [0.15, 0.2) is 0 Å². The quantitative estimate of drug-likeness (QED) is 0.793. The molecule has 2 aromatic rings. The molecule has 0 amide bonds. The molecular weight excluding hydrogens is 222 g/mol. The first-order valence-electron chi connectivity index (χ1n) is 6.10. The molecule has 2 aromatic carbocycles.